The van der Waals surface area contributed by atoms with Gasteiger partial charge in [0, 0.05) is 24.3 Å². The lowest BCUT2D eigenvalue weighted by Crippen LogP contribution is -2.35. The highest BCUT2D eigenvalue weighted by Crippen LogP contribution is 2.24. The quantitative estimate of drug-likeness (QED) is 0.584. The summed E-state index contributed by atoms with van der Waals surface area (Å²) in [7, 11) is 1.61. The van der Waals surface area contributed by atoms with Crippen molar-refractivity contribution in [1.82, 2.24) is 14.8 Å². The van der Waals surface area contributed by atoms with E-state index in [2.05, 4.69) is 20.1 Å². The molecule has 2 heterocycles. The molecule has 1 aliphatic heterocycles. The van der Waals surface area contributed by atoms with E-state index >= 15 is 0 Å². The first-order chi connectivity index (χ1) is 15.7. The summed E-state index contributed by atoms with van der Waals surface area (Å²) < 4.78 is 12.9. The Balaban J connectivity index is 1.60. The van der Waals surface area contributed by atoms with Crippen LogP contribution in [0.15, 0.2) is 48.5 Å². The number of aryl methyl sites for hydroxylation is 1. The van der Waals surface area contributed by atoms with E-state index in [0.29, 0.717) is 18.8 Å². The van der Waals surface area contributed by atoms with Gasteiger partial charge in [-0.3, -0.25) is 4.90 Å². The molecule has 2 amide bonds. The Bertz CT molecular complexity index is 1030. The Labute approximate surface area is 188 Å². The molecule has 168 valence electrons. The maximum absolute atomic E-state index is 13.3. The number of aromatic nitrogens is 3. The van der Waals surface area contributed by atoms with Crippen molar-refractivity contribution in [3.05, 3.63) is 60.2 Å². The lowest BCUT2D eigenvalue weighted by Gasteiger charge is -2.23. The molecule has 0 aliphatic carbocycles. The Kier molecular flexibility index (Phi) is 6.89. The smallest absolute Gasteiger partial charge is 0.326 e. The monoisotopic (exact) mass is 435 g/mol. The molecule has 8 nitrogen and oxygen atoms in total. The molecule has 0 atom stereocenters. The van der Waals surface area contributed by atoms with Crippen LogP contribution in [0.3, 0.4) is 0 Å². The average molecular weight is 436 g/mol. The van der Waals surface area contributed by atoms with Gasteiger partial charge in [-0.05, 0) is 68.3 Å². The number of carbonyl (C=O) groups is 1. The molecule has 0 bridgehead atoms. The van der Waals surface area contributed by atoms with Crippen LogP contribution >= 0.6 is 0 Å². The summed E-state index contributed by atoms with van der Waals surface area (Å²) >= 11 is 0. The third kappa shape index (κ3) is 5.01. The molecule has 1 aliphatic rings. The minimum Gasteiger partial charge on any atom is -0.497 e. The number of hydrogen-bond donors (Lipinski definition) is 1. The van der Waals surface area contributed by atoms with Gasteiger partial charge in [0.1, 0.15) is 17.3 Å². The Morgan fingerprint density at radius 3 is 2.50 bits per heavy atom. The zero-order chi connectivity index (χ0) is 22.3. The highest BCUT2D eigenvalue weighted by atomic mass is 16.5. The number of benzene rings is 2. The molecule has 0 fully saturated rings. The van der Waals surface area contributed by atoms with Gasteiger partial charge in [-0.1, -0.05) is 6.42 Å². The predicted octanol–water partition coefficient (Wildman–Crippen LogP) is 4.65. The normalized spacial score (nSPS) is 13.1. The molecule has 8 heteroatoms. The second kappa shape index (κ2) is 10.2. The molecular formula is C24H29N5O3. The summed E-state index contributed by atoms with van der Waals surface area (Å²) in [5, 5.41) is 11.8. The van der Waals surface area contributed by atoms with Crippen LogP contribution in [0, 0.1) is 0 Å². The van der Waals surface area contributed by atoms with Crippen molar-refractivity contribution in [3.63, 3.8) is 0 Å². The molecular weight excluding hydrogens is 406 g/mol. The van der Waals surface area contributed by atoms with E-state index in [4.69, 9.17) is 9.47 Å². The molecule has 0 saturated heterocycles. The van der Waals surface area contributed by atoms with Gasteiger partial charge >= 0.3 is 6.03 Å². The van der Waals surface area contributed by atoms with Crippen molar-refractivity contribution in [2.75, 3.05) is 23.9 Å². The van der Waals surface area contributed by atoms with E-state index in [-0.39, 0.29) is 6.03 Å². The van der Waals surface area contributed by atoms with Gasteiger partial charge in [-0.25, -0.2) is 4.79 Å². The number of ether oxygens (including phenoxy) is 2. The van der Waals surface area contributed by atoms with Gasteiger partial charge in [-0.15, -0.1) is 10.2 Å². The van der Waals surface area contributed by atoms with Crippen LogP contribution in [-0.2, 0) is 19.5 Å². The average Bonchev–Trinajstić information content (AvgIpc) is 3.04. The number of nitrogens with zero attached hydrogens (tertiary/aromatic N) is 4. The van der Waals surface area contributed by atoms with Gasteiger partial charge in [-0.2, -0.15) is 0 Å². The van der Waals surface area contributed by atoms with E-state index in [1.54, 1.807) is 12.0 Å². The number of nitrogens with one attached hydrogen (secondary N) is 1. The second-order valence-electron chi connectivity index (χ2n) is 7.67. The fourth-order valence-corrected chi connectivity index (χ4v) is 3.84. The third-order valence-electron chi connectivity index (χ3n) is 5.53. The number of methoxy groups -OCH3 is 1. The van der Waals surface area contributed by atoms with Gasteiger partial charge < -0.3 is 19.4 Å². The standard InChI is InChI=1S/C24H29N5O3/c1-3-32-21-14-10-19(11-15-21)29(24(30)25-18-8-12-20(31-2)13-9-18)17-23-27-26-22-7-5-4-6-16-28(22)23/h8-15H,3-7,16-17H2,1-2H3,(H,25,30). The first kappa shape index (κ1) is 21.7. The van der Waals surface area contributed by atoms with Crippen molar-refractivity contribution in [2.45, 2.75) is 45.7 Å². The highest BCUT2D eigenvalue weighted by molar-refractivity contribution is 6.01. The summed E-state index contributed by atoms with van der Waals surface area (Å²) in [6.07, 6.45) is 4.33. The maximum Gasteiger partial charge on any atom is 0.326 e. The Morgan fingerprint density at radius 2 is 1.78 bits per heavy atom. The van der Waals surface area contributed by atoms with Gasteiger partial charge in [0.2, 0.25) is 0 Å². The van der Waals surface area contributed by atoms with E-state index in [9.17, 15) is 4.79 Å². The van der Waals surface area contributed by atoms with Crippen LogP contribution in [0.2, 0.25) is 0 Å². The lowest BCUT2D eigenvalue weighted by molar-refractivity contribution is 0.256. The van der Waals surface area contributed by atoms with Gasteiger partial charge in [0.05, 0.1) is 20.3 Å². The number of anilines is 2. The highest BCUT2D eigenvalue weighted by Gasteiger charge is 2.22. The number of fused-ring (bicyclic) bond motifs is 1. The van der Waals surface area contributed by atoms with Crippen molar-refractivity contribution < 1.29 is 14.3 Å². The van der Waals surface area contributed by atoms with E-state index in [1.165, 1.54) is 6.42 Å². The van der Waals surface area contributed by atoms with Crippen molar-refractivity contribution >= 4 is 17.4 Å². The van der Waals surface area contributed by atoms with Gasteiger partial charge in [0.25, 0.3) is 0 Å². The van der Waals surface area contributed by atoms with E-state index in [0.717, 1.165) is 54.6 Å². The van der Waals surface area contributed by atoms with Crippen LogP contribution in [-0.4, -0.2) is 34.5 Å². The summed E-state index contributed by atoms with van der Waals surface area (Å²) in [6.45, 7) is 3.74. The molecule has 1 N–H and O–H groups in total. The molecule has 0 saturated carbocycles. The third-order valence-corrected chi connectivity index (χ3v) is 5.53. The van der Waals surface area contributed by atoms with Gasteiger partial charge in [0.15, 0.2) is 5.82 Å². The zero-order valence-corrected chi connectivity index (χ0v) is 18.6. The van der Waals surface area contributed by atoms with Crippen LogP contribution in [0.1, 0.15) is 37.8 Å². The van der Waals surface area contributed by atoms with Crippen LogP contribution < -0.4 is 19.7 Å². The van der Waals surface area contributed by atoms with Crippen LogP contribution in [0.25, 0.3) is 0 Å². The number of amides is 2. The summed E-state index contributed by atoms with van der Waals surface area (Å²) in [5.74, 6) is 3.29. The molecule has 32 heavy (non-hydrogen) atoms. The SMILES string of the molecule is CCOc1ccc(N(Cc2nnc3n2CCCCC3)C(=O)Nc2ccc(OC)cc2)cc1. The number of hydrogen-bond acceptors (Lipinski definition) is 5. The molecule has 3 aromatic rings. The zero-order valence-electron chi connectivity index (χ0n) is 18.6. The summed E-state index contributed by atoms with van der Waals surface area (Å²) in [5.41, 5.74) is 1.44. The molecule has 0 radical (unpaired) electrons. The molecule has 0 spiro atoms. The van der Waals surface area contributed by atoms with E-state index < -0.39 is 0 Å². The molecule has 0 unspecified atom stereocenters. The minimum absolute atomic E-state index is 0.245. The molecule has 1 aromatic heterocycles. The first-order valence-corrected chi connectivity index (χ1v) is 11.0. The molecule has 2 aromatic carbocycles. The largest absolute Gasteiger partial charge is 0.497 e. The fourth-order valence-electron chi connectivity index (χ4n) is 3.84. The van der Waals surface area contributed by atoms with E-state index in [1.807, 2.05) is 55.5 Å². The van der Waals surface area contributed by atoms with Crippen molar-refractivity contribution in [2.24, 2.45) is 0 Å². The fraction of sp³-hybridized carbons (Fsp3) is 0.375. The number of rotatable bonds is 7. The number of urea groups is 1. The van der Waals surface area contributed by atoms with Crippen molar-refractivity contribution in [3.8, 4) is 11.5 Å². The second-order valence-corrected chi connectivity index (χ2v) is 7.67. The lowest BCUT2D eigenvalue weighted by atomic mass is 10.2. The number of carbonyl (C=O) groups excluding carboxylic acids is 1. The minimum atomic E-state index is -0.245. The first-order valence-electron chi connectivity index (χ1n) is 11.0. The van der Waals surface area contributed by atoms with Crippen molar-refractivity contribution in [1.29, 1.82) is 0 Å². The molecule has 4 rings (SSSR count). The Hall–Kier alpha value is -3.55. The van der Waals surface area contributed by atoms with Crippen LogP contribution in [0.4, 0.5) is 16.2 Å². The predicted molar refractivity (Wildman–Crippen MR) is 123 cm³/mol. The summed E-state index contributed by atoms with van der Waals surface area (Å²) in [6, 6.07) is 14.5. The summed E-state index contributed by atoms with van der Waals surface area (Å²) in [4.78, 5) is 15.0. The maximum atomic E-state index is 13.3. The topological polar surface area (TPSA) is 81.5 Å². The van der Waals surface area contributed by atoms with Crippen LogP contribution in [0.5, 0.6) is 11.5 Å². The Morgan fingerprint density at radius 1 is 1.03 bits per heavy atom.